The molecule has 0 saturated carbocycles. The molecule has 0 unspecified atom stereocenters. The number of hydrogen-bond acceptors (Lipinski definition) is 6. The number of hydrogen-bond donors (Lipinski definition) is 1. The minimum Gasteiger partial charge on any atom is -0.490 e. The highest BCUT2D eigenvalue weighted by atomic mass is 35.5. The summed E-state index contributed by atoms with van der Waals surface area (Å²) in [4.78, 5) is 22.0. The zero-order valence-corrected chi connectivity index (χ0v) is 20.7. The standard InChI is InChI=1S/C26H26ClN3O5/c1-5-32-22-14-18(12-19-25(28)30-23(29-26(19)31)11-17(4)35-30)13-20(27)24(22)34-9-8-33-21-7-6-15(2)10-16(21)3/h6-7,10-14,28H,5,8-9H2,1-4H3/b19-12+,28-25?. The topological polar surface area (TPSA) is 93.4 Å². The number of nitrogens with one attached hydrogen (secondary N) is 1. The molecule has 2 heterocycles. The van der Waals surface area contributed by atoms with Gasteiger partial charge < -0.3 is 19.0 Å². The first-order valence-electron chi connectivity index (χ1n) is 11.2. The Morgan fingerprint density at radius 3 is 2.60 bits per heavy atom. The van der Waals surface area contributed by atoms with Gasteiger partial charge in [0.05, 0.1) is 17.2 Å². The van der Waals surface area contributed by atoms with Gasteiger partial charge in [0.25, 0.3) is 5.91 Å². The summed E-state index contributed by atoms with van der Waals surface area (Å²) < 4.78 is 17.5. The van der Waals surface area contributed by atoms with E-state index in [0.717, 1.165) is 11.3 Å². The van der Waals surface area contributed by atoms with E-state index in [0.29, 0.717) is 41.1 Å². The van der Waals surface area contributed by atoms with Crippen molar-refractivity contribution in [2.75, 3.05) is 19.8 Å². The molecular formula is C26H26ClN3O5. The summed E-state index contributed by atoms with van der Waals surface area (Å²) in [6, 6.07) is 9.34. The number of fused-ring (bicyclic) bond motifs is 1. The number of rotatable bonds is 8. The second kappa shape index (κ2) is 10.2. The predicted octanol–water partition coefficient (Wildman–Crippen LogP) is 5.26. The van der Waals surface area contributed by atoms with E-state index < -0.39 is 5.91 Å². The average Bonchev–Trinajstić information content (AvgIpc) is 3.17. The maximum absolute atomic E-state index is 12.5. The number of ether oxygens (including phenoxy) is 3. The summed E-state index contributed by atoms with van der Waals surface area (Å²) in [6.45, 7) is 8.58. The molecule has 0 aromatic heterocycles. The largest absolute Gasteiger partial charge is 0.490 e. The van der Waals surface area contributed by atoms with Gasteiger partial charge >= 0.3 is 0 Å². The SMILES string of the molecule is CCOc1cc(/C=C2\C(=N)N3OC(C)=CC3=NC2=O)cc(Cl)c1OCCOc1ccc(C)cc1C. The fourth-order valence-electron chi connectivity index (χ4n) is 3.70. The van der Waals surface area contributed by atoms with Crippen LogP contribution in [0.1, 0.15) is 30.5 Å². The van der Waals surface area contributed by atoms with Crippen molar-refractivity contribution >= 4 is 35.3 Å². The lowest BCUT2D eigenvalue weighted by atomic mass is 10.1. The Kier molecular flexibility index (Phi) is 7.12. The normalized spacial score (nSPS) is 16.0. The van der Waals surface area contributed by atoms with Gasteiger partial charge in [-0.05, 0) is 63.1 Å². The maximum atomic E-state index is 12.5. The molecule has 2 aromatic rings. The Balaban J connectivity index is 1.50. The van der Waals surface area contributed by atoms with Crippen LogP contribution in [-0.4, -0.2) is 42.5 Å². The minimum atomic E-state index is -0.534. The van der Waals surface area contributed by atoms with Crippen LogP contribution >= 0.6 is 11.6 Å². The Bertz CT molecular complexity index is 1280. The smallest absolute Gasteiger partial charge is 0.282 e. The molecule has 0 spiro atoms. The van der Waals surface area contributed by atoms with E-state index in [9.17, 15) is 4.79 Å². The number of amidine groups is 2. The van der Waals surface area contributed by atoms with Gasteiger partial charge in [0.15, 0.2) is 23.2 Å². The summed E-state index contributed by atoms with van der Waals surface area (Å²) >= 11 is 6.52. The Hall–Kier alpha value is -3.78. The monoisotopic (exact) mass is 495 g/mol. The molecule has 35 heavy (non-hydrogen) atoms. The zero-order valence-electron chi connectivity index (χ0n) is 20.0. The van der Waals surface area contributed by atoms with E-state index in [1.54, 1.807) is 25.1 Å². The van der Waals surface area contributed by atoms with Crippen LogP contribution in [-0.2, 0) is 9.63 Å². The molecule has 9 heteroatoms. The summed E-state index contributed by atoms with van der Waals surface area (Å²) in [6.07, 6.45) is 3.13. The molecule has 2 aliphatic rings. The van der Waals surface area contributed by atoms with Gasteiger partial charge in [-0.15, -0.1) is 5.06 Å². The van der Waals surface area contributed by atoms with Gasteiger partial charge in [0.2, 0.25) is 0 Å². The number of hydroxylamine groups is 2. The first-order chi connectivity index (χ1) is 16.8. The van der Waals surface area contributed by atoms with Gasteiger partial charge in [-0.25, -0.2) is 0 Å². The van der Waals surface area contributed by atoms with Crippen LogP contribution in [0.25, 0.3) is 6.08 Å². The van der Waals surface area contributed by atoms with Crippen molar-refractivity contribution in [2.45, 2.75) is 27.7 Å². The van der Waals surface area contributed by atoms with Crippen LogP contribution in [0.5, 0.6) is 17.2 Å². The number of aryl methyl sites for hydroxylation is 2. The molecule has 0 radical (unpaired) electrons. The molecule has 2 aliphatic heterocycles. The highest BCUT2D eigenvalue weighted by Crippen LogP contribution is 2.38. The third kappa shape index (κ3) is 5.33. The first kappa shape index (κ1) is 24.3. The Labute approximate surface area is 208 Å². The van der Waals surface area contributed by atoms with Crippen LogP contribution in [0.15, 0.2) is 52.7 Å². The van der Waals surface area contributed by atoms with Crippen molar-refractivity contribution in [3.05, 3.63) is 69.5 Å². The molecule has 0 bridgehead atoms. The van der Waals surface area contributed by atoms with Gasteiger partial charge in [-0.2, -0.15) is 4.99 Å². The quantitative estimate of drug-likeness (QED) is 0.396. The van der Waals surface area contributed by atoms with Gasteiger partial charge in [0, 0.05) is 6.08 Å². The number of benzene rings is 2. The van der Waals surface area contributed by atoms with E-state index >= 15 is 0 Å². The van der Waals surface area contributed by atoms with Crippen molar-refractivity contribution < 1.29 is 23.8 Å². The summed E-state index contributed by atoms with van der Waals surface area (Å²) in [5.74, 6) is 1.80. The fourth-order valence-corrected chi connectivity index (χ4v) is 3.97. The maximum Gasteiger partial charge on any atom is 0.282 e. The lowest BCUT2D eigenvalue weighted by Crippen LogP contribution is -2.38. The number of carbonyl (C=O) groups is 1. The lowest BCUT2D eigenvalue weighted by Gasteiger charge is -2.23. The number of amides is 1. The Morgan fingerprint density at radius 2 is 1.86 bits per heavy atom. The van der Waals surface area contributed by atoms with Crippen LogP contribution < -0.4 is 14.2 Å². The number of aliphatic imine (C=N–C) groups is 1. The van der Waals surface area contributed by atoms with Crippen molar-refractivity contribution in [2.24, 2.45) is 4.99 Å². The van der Waals surface area contributed by atoms with E-state index in [4.69, 9.17) is 36.1 Å². The van der Waals surface area contributed by atoms with Crippen LogP contribution in [0.3, 0.4) is 0 Å². The first-order valence-corrected chi connectivity index (χ1v) is 11.5. The summed E-state index contributed by atoms with van der Waals surface area (Å²) in [5.41, 5.74) is 2.87. The molecule has 0 aliphatic carbocycles. The van der Waals surface area contributed by atoms with Gasteiger partial charge in [-0.1, -0.05) is 29.3 Å². The average molecular weight is 496 g/mol. The predicted molar refractivity (Wildman–Crippen MR) is 134 cm³/mol. The number of allylic oxidation sites excluding steroid dienone is 1. The zero-order chi connectivity index (χ0) is 25.1. The number of nitrogens with zero attached hydrogens (tertiary/aromatic N) is 2. The molecule has 1 N–H and O–H groups in total. The van der Waals surface area contributed by atoms with Crippen molar-refractivity contribution in [3.8, 4) is 17.2 Å². The molecule has 0 fully saturated rings. The summed E-state index contributed by atoms with van der Waals surface area (Å²) in [7, 11) is 0. The van der Waals surface area contributed by atoms with Gasteiger partial charge in [-0.3, -0.25) is 10.2 Å². The van der Waals surface area contributed by atoms with E-state index in [2.05, 4.69) is 11.1 Å². The fraction of sp³-hybridized carbons (Fsp3) is 0.269. The van der Waals surface area contributed by atoms with Crippen molar-refractivity contribution in [1.29, 1.82) is 5.41 Å². The van der Waals surface area contributed by atoms with Crippen LogP contribution in [0, 0.1) is 19.3 Å². The molecule has 4 rings (SSSR count). The molecule has 2 aromatic carbocycles. The molecule has 1 amide bonds. The molecule has 8 nitrogen and oxygen atoms in total. The van der Waals surface area contributed by atoms with Gasteiger partial charge in [0.1, 0.15) is 24.7 Å². The van der Waals surface area contributed by atoms with E-state index in [-0.39, 0.29) is 23.9 Å². The molecule has 182 valence electrons. The Morgan fingerprint density at radius 1 is 1.09 bits per heavy atom. The second-order valence-electron chi connectivity index (χ2n) is 8.05. The molecule has 0 atom stereocenters. The van der Waals surface area contributed by atoms with Crippen molar-refractivity contribution in [3.63, 3.8) is 0 Å². The van der Waals surface area contributed by atoms with Crippen LogP contribution in [0.2, 0.25) is 5.02 Å². The summed E-state index contributed by atoms with van der Waals surface area (Å²) in [5, 5.41) is 9.90. The highest BCUT2D eigenvalue weighted by Gasteiger charge is 2.34. The minimum absolute atomic E-state index is 0.0749. The number of carbonyl (C=O) groups excluding carboxylic acids is 1. The number of halogens is 1. The van der Waals surface area contributed by atoms with Crippen molar-refractivity contribution in [1.82, 2.24) is 5.06 Å². The van der Waals surface area contributed by atoms with Crippen LogP contribution in [0.4, 0.5) is 0 Å². The third-order valence-corrected chi connectivity index (χ3v) is 5.52. The third-order valence-electron chi connectivity index (χ3n) is 5.24. The highest BCUT2D eigenvalue weighted by molar-refractivity contribution is 6.33. The molecular weight excluding hydrogens is 470 g/mol. The van der Waals surface area contributed by atoms with E-state index in [1.807, 2.05) is 32.9 Å². The second-order valence-corrected chi connectivity index (χ2v) is 8.46. The van der Waals surface area contributed by atoms with E-state index in [1.165, 1.54) is 16.7 Å². The lowest BCUT2D eigenvalue weighted by molar-refractivity contribution is -0.114. The molecule has 0 saturated heterocycles.